The third-order valence-electron chi connectivity index (χ3n) is 3.72. The number of hydrogen-bond donors (Lipinski definition) is 2. The van der Waals surface area contributed by atoms with Crippen LogP contribution in [0, 0.1) is 5.82 Å². The Labute approximate surface area is 156 Å². The van der Waals surface area contributed by atoms with Crippen molar-refractivity contribution >= 4 is 35.0 Å². The molecule has 1 saturated heterocycles. The molecule has 1 atom stereocenters. The Balaban J connectivity index is 1.75. The average molecular weight is 394 g/mol. The zero-order chi connectivity index (χ0) is 19.6. The van der Waals surface area contributed by atoms with Gasteiger partial charge in [0.25, 0.3) is 0 Å². The number of aromatic nitrogens is 2. The number of aliphatic carboxylic acids is 1. The molecule has 27 heavy (non-hydrogen) atoms. The maximum atomic E-state index is 14.5. The number of hydrogen-bond acceptors (Lipinski definition) is 7. The van der Waals surface area contributed by atoms with E-state index >= 15 is 0 Å². The van der Waals surface area contributed by atoms with E-state index in [0.29, 0.717) is 5.69 Å². The normalized spacial score (nSPS) is 16.3. The van der Waals surface area contributed by atoms with Crippen LogP contribution in [0.4, 0.5) is 14.9 Å². The Morgan fingerprint density at radius 3 is 2.89 bits per heavy atom. The molecule has 1 aromatic carbocycles. The minimum atomic E-state index is -1.05. The first-order valence-electron chi connectivity index (χ1n) is 7.90. The summed E-state index contributed by atoms with van der Waals surface area (Å²) in [5.41, 5.74) is 0.470. The standard InChI is InChI=1S/C16H15FN4O5S/c1-8(22)18-6-10-7-21(16(25)26-10)9-2-3-11(12(17)4-9)15-20-19-13(27-15)5-14(23)24/h2-4,10H,5-7H2,1H3,(H,18,22)(H,23,24). The highest BCUT2D eigenvalue weighted by Gasteiger charge is 2.32. The number of anilines is 1. The van der Waals surface area contributed by atoms with Gasteiger partial charge in [0.15, 0.2) is 5.01 Å². The molecule has 2 amide bonds. The predicted octanol–water partition coefficient (Wildman–Crippen LogP) is 1.43. The molecule has 0 aliphatic carbocycles. The van der Waals surface area contributed by atoms with Crippen LogP contribution in [-0.2, 0) is 20.7 Å². The maximum absolute atomic E-state index is 14.5. The van der Waals surface area contributed by atoms with E-state index < -0.39 is 24.0 Å². The number of nitrogens with zero attached hydrogens (tertiary/aromatic N) is 3. The van der Waals surface area contributed by atoms with Crippen LogP contribution in [-0.4, -0.2) is 52.5 Å². The van der Waals surface area contributed by atoms with Crippen molar-refractivity contribution in [1.82, 2.24) is 15.5 Å². The summed E-state index contributed by atoms with van der Waals surface area (Å²) >= 11 is 0.988. The zero-order valence-electron chi connectivity index (χ0n) is 14.1. The Morgan fingerprint density at radius 1 is 1.44 bits per heavy atom. The summed E-state index contributed by atoms with van der Waals surface area (Å²) in [4.78, 5) is 34.9. The first-order valence-corrected chi connectivity index (χ1v) is 8.72. The fourth-order valence-corrected chi connectivity index (χ4v) is 3.36. The second-order valence-electron chi connectivity index (χ2n) is 5.79. The summed E-state index contributed by atoms with van der Waals surface area (Å²) in [5, 5.41) is 19.4. The smallest absolute Gasteiger partial charge is 0.414 e. The van der Waals surface area contributed by atoms with Gasteiger partial charge in [-0.2, -0.15) is 0 Å². The van der Waals surface area contributed by atoms with E-state index in [1.54, 1.807) is 6.07 Å². The van der Waals surface area contributed by atoms with Crippen LogP contribution >= 0.6 is 11.3 Å². The summed E-state index contributed by atoms with van der Waals surface area (Å²) in [6.07, 6.45) is -1.44. The van der Waals surface area contributed by atoms with E-state index in [9.17, 15) is 18.8 Å². The quantitative estimate of drug-likeness (QED) is 0.760. The van der Waals surface area contributed by atoms with Crippen molar-refractivity contribution in [2.75, 3.05) is 18.0 Å². The molecule has 2 N–H and O–H groups in total. The molecule has 1 aromatic heterocycles. The summed E-state index contributed by atoms with van der Waals surface area (Å²) in [6.45, 7) is 1.72. The number of carboxylic acids is 1. The number of ether oxygens (including phenoxy) is 1. The van der Waals surface area contributed by atoms with Gasteiger partial charge in [-0.1, -0.05) is 11.3 Å². The molecule has 1 fully saturated rings. The van der Waals surface area contributed by atoms with E-state index in [1.165, 1.54) is 24.0 Å². The highest BCUT2D eigenvalue weighted by atomic mass is 32.1. The number of benzene rings is 1. The van der Waals surface area contributed by atoms with Gasteiger partial charge in [-0.15, -0.1) is 10.2 Å². The van der Waals surface area contributed by atoms with Crippen molar-refractivity contribution in [2.45, 2.75) is 19.4 Å². The average Bonchev–Trinajstić information content (AvgIpc) is 3.19. The van der Waals surface area contributed by atoms with Crippen molar-refractivity contribution in [3.05, 3.63) is 29.0 Å². The van der Waals surface area contributed by atoms with Gasteiger partial charge in [0, 0.05) is 12.5 Å². The van der Waals surface area contributed by atoms with E-state index in [1.807, 2.05) is 0 Å². The molecule has 11 heteroatoms. The predicted molar refractivity (Wildman–Crippen MR) is 92.9 cm³/mol. The molecule has 0 spiro atoms. The lowest BCUT2D eigenvalue weighted by molar-refractivity contribution is -0.136. The Kier molecular flexibility index (Phi) is 5.31. The van der Waals surface area contributed by atoms with Crippen LogP contribution < -0.4 is 10.2 Å². The second-order valence-corrected chi connectivity index (χ2v) is 6.85. The van der Waals surface area contributed by atoms with Gasteiger partial charge >= 0.3 is 12.1 Å². The number of carbonyl (C=O) groups is 3. The van der Waals surface area contributed by atoms with Crippen molar-refractivity contribution in [3.8, 4) is 10.6 Å². The molecule has 1 aliphatic rings. The third kappa shape index (κ3) is 4.37. The topological polar surface area (TPSA) is 122 Å². The van der Waals surface area contributed by atoms with Gasteiger partial charge in [0.1, 0.15) is 16.9 Å². The fraction of sp³-hybridized carbons (Fsp3) is 0.312. The maximum Gasteiger partial charge on any atom is 0.414 e. The van der Waals surface area contributed by atoms with Gasteiger partial charge in [0.05, 0.1) is 25.2 Å². The summed E-state index contributed by atoms with van der Waals surface area (Å²) in [6, 6.07) is 4.17. The van der Waals surface area contributed by atoms with E-state index in [2.05, 4.69) is 15.5 Å². The fourth-order valence-electron chi connectivity index (χ4n) is 2.50. The zero-order valence-corrected chi connectivity index (χ0v) is 15.0. The van der Waals surface area contributed by atoms with Crippen molar-refractivity contribution in [2.24, 2.45) is 0 Å². The minimum Gasteiger partial charge on any atom is -0.481 e. The lowest BCUT2D eigenvalue weighted by atomic mass is 10.2. The van der Waals surface area contributed by atoms with Crippen LogP contribution in [0.1, 0.15) is 11.9 Å². The molecular formula is C16H15FN4O5S. The van der Waals surface area contributed by atoms with Gasteiger partial charge in [0.2, 0.25) is 5.91 Å². The Bertz CT molecular complexity index is 903. The van der Waals surface area contributed by atoms with Crippen LogP contribution in [0.25, 0.3) is 10.6 Å². The van der Waals surface area contributed by atoms with Gasteiger partial charge in [-0.3, -0.25) is 14.5 Å². The number of cyclic esters (lactones) is 1. The van der Waals surface area contributed by atoms with Crippen molar-refractivity contribution in [3.63, 3.8) is 0 Å². The number of rotatable bonds is 6. The minimum absolute atomic E-state index is 0.162. The van der Waals surface area contributed by atoms with Crippen LogP contribution in [0.5, 0.6) is 0 Å². The van der Waals surface area contributed by atoms with E-state index in [0.717, 1.165) is 11.3 Å². The Hall–Kier alpha value is -3.08. The lowest BCUT2D eigenvalue weighted by Crippen LogP contribution is -2.33. The number of carbonyl (C=O) groups excluding carboxylic acids is 2. The molecule has 0 radical (unpaired) electrons. The molecule has 142 valence electrons. The molecule has 0 bridgehead atoms. The lowest BCUT2D eigenvalue weighted by Gasteiger charge is -2.14. The van der Waals surface area contributed by atoms with Crippen LogP contribution in [0.2, 0.25) is 0 Å². The summed E-state index contributed by atoms with van der Waals surface area (Å²) < 4.78 is 19.7. The van der Waals surface area contributed by atoms with Gasteiger partial charge < -0.3 is 15.2 Å². The molecule has 3 rings (SSSR count). The summed E-state index contributed by atoms with van der Waals surface area (Å²) in [7, 11) is 0. The van der Waals surface area contributed by atoms with Gasteiger partial charge in [-0.25, -0.2) is 9.18 Å². The number of carboxylic acid groups (broad SMARTS) is 1. The first-order chi connectivity index (χ1) is 12.8. The SMILES string of the molecule is CC(=O)NCC1CN(c2ccc(-c3nnc(CC(=O)O)s3)c(F)c2)C(=O)O1. The Morgan fingerprint density at radius 2 is 2.22 bits per heavy atom. The van der Waals surface area contributed by atoms with Crippen LogP contribution in [0.15, 0.2) is 18.2 Å². The highest BCUT2D eigenvalue weighted by molar-refractivity contribution is 7.14. The van der Waals surface area contributed by atoms with Gasteiger partial charge in [-0.05, 0) is 18.2 Å². The highest BCUT2D eigenvalue weighted by Crippen LogP contribution is 2.30. The van der Waals surface area contributed by atoms with Crippen LogP contribution in [0.3, 0.4) is 0 Å². The number of halogens is 1. The van der Waals surface area contributed by atoms with Crippen molar-refractivity contribution < 1.29 is 28.6 Å². The molecule has 9 nitrogen and oxygen atoms in total. The monoisotopic (exact) mass is 394 g/mol. The largest absolute Gasteiger partial charge is 0.481 e. The molecule has 2 heterocycles. The molecular weight excluding hydrogens is 379 g/mol. The molecule has 1 aliphatic heterocycles. The molecule has 1 unspecified atom stereocenters. The van der Waals surface area contributed by atoms with E-state index in [4.69, 9.17) is 9.84 Å². The van der Waals surface area contributed by atoms with E-state index in [-0.39, 0.29) is 41.0 Å². The number of nitrogens with one attached hydrogen (secondary N) is 1. The first kappa shape index (κ1) is 18.7. The summed E-state index contributed by atoms with van der Waals surface area (Å²) in [5.74, 6) is -1.90. The third-order valence-corrected chi connectivity index (χ3v) is 4.67. The second kappa shape index (κ2) is 7.66. The molecule has 2 aromatic rings. The number of amides is 2. The van der Waals surface area contributed by atoms with Crippen molar-refractivity contribution in [1.29, 1.82) is 0 Å². The molecule has 0 saturated carbocycles.